The smallest absolute Gasteiger partial charge is 0.293 e. The number of ketones is 2. The molecule has 13 heavy (non-hydrogen) atoms. The van der Waals surface area contributed by atoms with E-state index in [-0.39, 0.29) is 5.56 Å². The quantitative estimate of drug-likeness (QED) is 0.398. The second-order valence-electron chi connectivity index (χ2n) is 2.39. The molecule has 2 N–H and O–H groups in total. The van der Waals surface area contributed by atoms with E-state index in [1.54, 1.807) is 18.2 Å². The summed E-state index contributed by atoms with van der Waals surface area (Å²) in [7, 11) is 0. The van der Waals surface area contributed by atoms with Gasteiger partial charge < -0.3 is 5.73 Å². The Balaban J connectivity index is 2.93. The van der Waals surface area contributed by atoms with E-state index in [1.165, 1.54) is 12.1 Å². The fraction of sp³-hybridized carbons (Fsp3) is 0. The van der Waals surface area contributed by atoms with Gasteiger partial charge in [-0.2, -0.15) is 0 Å². The molecule has 1 amide bonds. The monoisotopic (exact) mass is 177 g/mol. The van der Waals surface area contributed by atoms with E-state index in [0.29, 0.717) is 0 Å². The van der Waals surface area contributed by atoms with E-state index < -0.39 is 17.5 Å². The van der Waals surface area contributed by atoms with Crippen LogP contribution in [-0.2, 0) is 9.59 Å². The van der Waals surface area contributed by atoms with Crippen LogP contribution >= 0.6 is 0 Å². The number of hydrogen-bond acceptors (Lipinski definition) is 3. The van der Waals surface area contributed by atoms with Crippen molar-refractivity contribution in [1.29, 1.82) is 0 Å². The molecule has 0 radical (unpaired) electrons. The molecule has 1 aromatic rings. The van der Waals surface area contributed by atoms with Crippen molar-refractivity contribution in [3.05, 3.63) is 35.9 Å². The van der Waals surface area contributed by atoms with Crippen molar-refractivity contribution >= 4 is 17.5 Å². The largest absolute Gasteiger partial charge is 0.363 e. The van der Waals surface area contributed by atoms with Gasteiger partial charge in [-0.3, -0.25) is 14.4 Å². The van der Waals surface area contributed by atoms with Crippen LogP contribution in [0.4, 0.5) is 0 Å². The first kappa shape index (κ1) is 9.12. The van der Waals surface area contributed by atoms with Gasteiger partial charge in [0.2, 0.25) is 5.78 Å². The van der Waals surface area contributed by atoms with Crippen molar-refractivity contribution in [1.82, 2.24) is 0 Å². The first-order chi connectivity index (χ1) is 6.13. The van der Waals surface area contributed by atoms with Crippen LogP contribution in [0.3, 0.4) is 0 Å². The molecule has 0 heterocycles. The highest BCUT2D eigenvalue weighted by Gasteiger charge is 2.20. The maximum absolute atomic E-state index is 11.1. The SMILES string of the molecule is NC(=O)C(=O)C(=O)c1ccccc1. The minimum absolute atomic E-state index is 0.173. The predicted octanol–water partition coefficient (Wildman–Crippen LogP) is -0.0763. The van der Waals surface area contributed by atoms with Crippen molar-refractivity contribution in [3.8, 4) is 0 Å². The lowest BCUT2D eigenvalue weighted by Gasteiger charge is -1.95. The second kappa shape index (κ2) is 3.62. The fourth-order valence-corrected chi connectivity index (χ4v) is 0.833. The van der Waals surface area contributed by atoms with Crippen LogP contribution in [0.15, 0.2) is 30.3 Å². The number of carbonyl (C=O) groups excluding carboxylic acids is 3. The molecule has 1 rings (SSSR count). The van der Waals surface area contributed by atoms with Crippen LogP contribution < -0.4 is 5.73 Å². The summed E-state index contributed by atoms with van der Waals surface area (Å²) in [5.74, 6) is -3.28. The number of benzene rings is 1. The number of carbonyl (C=O) groups is 3. The number of primary amides is 1. The molecule has 0 atom stereocenters. The Kier molecular flexibility index (Phi) is 2.54. The molecular formula is C9H7NO3. The molecule has 0 spiro atoms. The van der Waals surface area contributed by atoms with Gasteiger partial charge in [-0.05, 0) is 0 Å². The number of amides is 1. The second-order valence-corrected chi connectivity index (χ2v) is 2.39. The molecule has 0 fully saturated rings. The zero-order valence-corrected chi connectivity index (χ0v) is 6.69. The Bertz CT molecular complexity index is 356. The highest BCUT2D eigenvalue weighted by Crippen LogP contribution is 2.00. The lowest BCUT2D eigenvalue weighted by Crippen LogP contribution is -2.30. The highest BCUT2D eigenvalue weighted by molar-refractivity contribution is 6.66. The van der Waals surface area contributed by atoms with Crippen molar-refractivity contribution in [2.24, 2.45) is 5.73 Å². The standard InChI is InChI=1S/C9H7NO3/c10-9(13)8(12)7(11)6-4-2-1-3-5-6/h1-5H,(H2,10,13). The van der Waals surface area contributed by atoms with Gasteiger partial charge in [-0.25, -0.2) is 0 Å². The van der Waals surface area contributed by atoms with E-state index in [1.807, 2.05) is 0 Å². The molecule has 4 nitrogen and oxygen atoms in total. The molecule has 0 saturated carbocycles. The molecule has 0 aliphatic carbocycles. The topological polar surface area (TPSA) is 77.2 Å². The average molecular weight is 177 g/mol. The molecule has 0 aliphatic heterocycles. The van der Waals surface area contributed by atoms with E-state index in [2.05, 4.69) is 5.73 Å². The van der Waals surface area contributed by atoms with Gasteiger partial charge in [0.05, 0.1) is 0 Å². The summed E-state index contributed by atoms with van der Waals surface area (Å²) < 4.78 is 0. The van der Waals surface area contributed by atoms with Gasteiger partial charge >= 0.3 is 0 Å². The van der Waals surface area contributed by atoms with Crippen molar-refractivity contribution in [2.45, 2.75) is 0 Å². The Morgan fingerprint density at radius 2 is 1.54 bits per heavy atom. The van der Waals surface area contributed by atoms with E-state index >= 15 is 0 Å². The molecule has 0 aromatic heterocycles. The summed E-state index contributed by atoms with van der Waals surface area (Å²) in [6.45, 7) is 0. The van der Waals surface area contributed by atoms with Crippen molar-refractivity contribution < 1.29 is 14.4 Å². The van der Waals surface area contributed by atoms with Gasteiger partial charge in [0, 0.05) is 5.56 Å². The van der Waals surface area contributed by atoms with Crippen LogP contribution in [0, 0.1) is 0 Å². The summed E-state index contributed by atoms with van der Waals surface area (Å²) in [5, 5.41) is 0. The molecule has 0 bridgehead atoms. The normalized spacial score (nSPS) is 9.23. The van der Waals surface area contributed by atoms with Crippen LogP contribution in [-0.4, -0.2) is 17.5 Å². The fourth-order valence-electron chi connectivity index (χ4n) is 0.833. The number of Topliss-reactive ketones (excluding diaryl/α,β-unsaturated/α-hetero) is 2. The van der Waals surface area contributed by atoms with E-state index in [4.69, 9.17) is 0 Å². The Hall–Kier alpha value is -1.97. The molecular weight excluding hydrogens is 170 g/mol. The number of rotatable bonds is 3. The van der Waals surface area contributed by atoms with Crippen LogP contribution in [0.25, 0.3) is 0 Å². The summed E-state index contributed by atoms with van der Waals surface area (Å²) in [5.41, 5.74) is 4.84. The Morgan fingerprint density at radius 1 is 1.00 bits per heavy atom. The van der Waals surface area contributed by atoms with Crippen LogP contribution in [0.1, 0.15) is 10.4 Å². The molecule has 0 saturated heterocycles. The van der Waals surface area contributed by atoms with E-state index in [9.17, 15) is 14.4 Å². The number of nitrogens with two attached hydrogens (primary N) is 1. The third-order valence-electron chi connectivity index (χ3n) is 1.47. The van der Waals surface area contributed by atoms with Gasteiger partial charge in [-0.15, -0.1) is 0 Å². The zero-order chi connectivity index (χ0) is 9.84. The first-order valence-electron chi connectivity index (χ1n) is 3.56. The predicted molar refractivity (Wildman–Crippen MR) is 45.0 cm³/mol. The minimum atomic E-state index is -1.23. The molecule has 4 heteroatoms. The first-order valence-corrected chi connectivity index (χ1v) is 3.56. The summed E-state index contributed by atoms with van der Waals surface area (Å²) >= 11 is 0. The molecule has 66 valence electrons. The van der Waals surface area contributed by atoms with Gasteiger partial charge in [0.25, 0.3) is 11.7 Å². The maximum atomic E-state index is 11.1. The lowest BCUT2D eigenvalue weighted by molar-refractivity contribution is -0.133. The van der Waals surface area contributed by atoms with Crippen molar-refractivity contribution in [2.75, 3.05) is 0 Å². The minimum Gasteiger partial charge on any atom is -0.363 e. The molecule has 0 unspecified atom stereocenters. The van der Waals surface area contributed by atoms with E-state index in [0.717, 1.165) is 0 Å². The van der Waals surface area contributed by atoms with Gasteiger partial charge in [0.15, 0.2) is 0 Å². The van der Waals surface area contributed by atoms with Gasteiger partial charge in [-0.1, -0.05) is 30.3 Å². The number of hydrogen-bond donors (Lipinski definition) is 1. The highest BCUT2D eigenvalue weighted by atomic mass is 16.2. The third-order valence-corrected chi connectivity index (χ3v) is 1.47. The maximum Gasteiger partial charge on any atom is 0.293 e. The lowest BCUT2D eigenvalue weighted by atomic mass is 10.1. The molecule has 1 aromatic carbocycles. The molecule has 0 aliphatic rings. The summed E-state index contributed by atoms with van der Waals surface area (Å²) in [6.07, 6.45) is 0. The Morgan fingerprint density at radius 3 is 2.00 bits per heavy atom. The van der Waals surface area contributed by atoms with Crippen LogP contribution in [0.5, 0.6) is 0 Å². The summed E-state index contributed by atoms with van der Waals surface area (Å²) in [4.78, 5) is 32.3. The zero-order valence-electron chi connectivity index (χ0n) is 6.69. The average Bonchev–Trinajstić information content (AvgIpc) is 2.17. The Labute approximate surface area is 74.4 Å². The third kappa shape index (κ3) is 1.99. The van der Waals surface area contributed by atoms with Crippen molar-refractivity contribution in [3.63, 3.8) is 0 Å². The summed E-state index contributed by atoms with van der Waals surface area (Å²) in [6, 6.07) is 7.79. The van der Waals surface area contributed by atoms with Crippen LogP contribution in [0.2, 0.25) is 0 Å². The van der Waals surface area contributed by atoms with Gasteiger partial charge in [0.1, 0.15) is 0 Å².